The molecule has 0 unspecified atom stereocenters. The SMILES string of the molecule is Cc1ccc([C@@](O)(CC(=O)Nc2cccc(S(N)(=O)=O)c2)C(F)(F)F)o1. The number of rotatable bonds is 5. The van der Waals surface area contributed by atoms with Crippen LogP contribution in [0.3, 0.4) is 0 Å². The van der Waals surface area contributed by atoms with Crippen LogP contribution in [0.15, 0.2) is 45.7 Å². The van der Waals surface area contributed by atoms with Crippen LogP contribution in [0.4, 0.5) is 18.9 Å². The molecule has 1 heterocycles. The molecule has 7 nitrogen and oxygen atoms in total. The number of halogens is 3. The summed E-state index contributed by atoms with van der Waals surface area (Å²) in [6.07, 6.45) is -6.57. The first kappa shape index (κ1) is 19.9. The number of aryl methyl sites for hydroxylation is 1. The van der Waals surface area contributed by atoms with E-state index < -0.39 is 39.9 Å². The molecule has 0 radical (unpaired) electrons. The maximum atomic E-state index is 13.3. The van der Waals surface area contributed by atoms with Crippen molar-refractivity contribution in [2.75, 3.05) is 5.32 Å². The van der Waals surface area contributed by atoms with E-state index in [1.165, 1.54) is 25.1 Å². The van der Waals surface area contributed by atoms with Gasteiger partial charge in [-0.15, -0.1) is 0 Å². The number of sulfonamides is 1. The van der Waals surface area contributed by atoms with Crippen LogP contribution in [-0.2, 0) is 20.4 Å². The number of primary sulfonamides is 1. The van der Waals surface area contributed by atoms with Crippen LogP contribution in [0.1, 0.15) is 17.9 Å². The van der Waals surface area contributed by atoms with Gasteiger partial charge in [0.1, 0.15) is 11.5 Å². The summed E-state index contributed by atoms with van der Waals surface area (Å²) in [7, 11) is -4.06. The van der Waals surface area contributed by atoms with Crippen LogP contribution >= 0.6 is 0 Å². The number of nitrogens with one attached hydrogen (secondary N) is 1. The number of nitrogens with two attached hydrogens (primary N) is 1. The van der Waals surface area contributed by atoms with Crippen LogP contribution < -0.4 is 10.5 Å². The maximum absolute atomic E-state index is 13.3. The van der Waals surface area contributed by atoms with Crippen molar-refractivity contribution >= 4 is 21.6 Å². The fraction of sp³-hybridized carbons (Fsp3) is 0.267. The van der Waals surface area contributed by atoms with Gasteiger partial charge in [0, 0.05) is 5.69 Å². The second kappa shape index (κ2) is 6.74. The minimum absolute atomic E-state index is 0.0957. The van der Waals surface area contributed by atoms with Crippen molar-refractivity contribution in [3.05, 3.63) is 47.9 Å². The highest BCUT2D eigenvalue weighted by molar-refractivity contribution is 7.89. The zero-order valence-corrected chi connectivity index (χ0v) is 14.2. The van der Waals surface area contributed by atoms with Gasteiger partial charge in [0.25, 0.3) is 0 Å². The summed E-state index contributed by atoms with van der Waals surface area (Å²) in [6.45, 7) is 1.39. The molecule has 0 aliphatic rings. The average molecular weight is 392 g/mol. The number of amides is 1. The van der Waals surface area contributed by atoms with Crippen molar-refractivity contribution in [1.82, 2.24) is 0 Å². The van der Waals surface area contributed by atoms with Crippen LogP contribution in [0.2, 0.25) is 0 Å². The lowest BCUT2D eigenvalue weighted by molar-refractivity contribution is -0.272. The molecule has 0 aliphatic heterocycles. The first-order chi connectivity index (χ1) is 11.8. The highest BCUT2D eigenvalue weighted by atomic mass is 32.2. The standard InChI is InChI=1S/C15H15F3N2O5S/c1-9-5-6-12(25-9)14(22,15(16,17)18)8-13(21)20-10-3-2-4-11(7-10)26(19,23)24/h2-7,22H,8H2,1H3,(H,20,21)(H2,19,23,24)/t14-/m0/s1. The zero-order chi connectivity index (χ0) is 19.8. The van der Waals surface area contributed by atoms with Crippen molar-refractivity contribution in [2.24, 2.45) is 5.14 Å². The van der Waals surface area contributed by atoms with E-state index >= 15 is 0 Å². The Morgan fingerprint density at radius 3 is 2.42 bits per heavy atom. The Morgan fingerprint density at radius 2 is 1.92 bits per heavy atom. The smallest absolute Gasteiger partial charge is 0.425 e. The zero-order valence-electron chi connectivity index (χ0n) is 13.4. The first-order valence-electron chi connectivity index (χ1n) is 7.12. The predicted molar refractivity (Wildman–Crippen MR) is 84.5 cm³/mol. The van der Waals surface area contributed by atoms with Crippen molar-refractivity contribution in [2.45, 2.75) is 30.0 Å². The van der Waals surface area contributed by atoms with E-state index in [9.17, 15) is 31.5 Å². The summed E-state index contributed by atoms with van der Waals surface area (Å²) in [6, 6.07) is 6.80. The second-order valence-corrected chi connectivity index (χ2v) is 7.13. The molecule has 1 aromatic heterocycles. The summed E-state index contributed by atoms with van der Waals surface area (Å²) in [5.74, 6) is -1.90. The molecular weight excluding hydrogens is 377 g/mol. The highest BCUT2D eigenvalue weighted by Crippen LogP contribution is 2.42. The van der Waals surface area contributed by atoms with Crippen molar-refractivity contribution in [3.8, 4) is 0 Å². The molecule has 11 heteroatoms. The number of carbonyl (C=O) groups is 1. The van der Waals surface area contributed by atoms with Gasteiger partial charge in [-0.3, -0.25) is 4.79 Å². The highest BCUT2D eigenvalue weighted by Gasteiger charge is 2.58. The van der Waals surface area contributed by atoms with E-state index in [1.807, 2.05) is 0 Å². The van der Waals surface area contributed by atoms with Crippen molar-refractivity contribution in [3.63, 3.8) is 0 Å². The topological polar surface area (TPSA) is 123 Å². The van der Waals surface area contributed by atoms with E-state index in [4.69, 9.17) is 9.56 Å². The first-order valence-corrected chi connectivity index (χ1v) is 8.66. The molecule has 1 atom stereocenters. The van der Waals surface area contributed by atoms with E-state index in [1.54, 1.807) is 0 Å². The molecule has 2 aromatic rings. The van der Waals surface area contributed by atoms with Crippen LogP contribution in [-0.4, -0.2) is 25.6 Å². The number of hydrogen-bond donors (Lipinski definition) is 3. The molecular formula is C15H15F3N2O5S. The number of carbonyl (C=O) groups excluding carboxylic acids is 1. The molecule has 1 aromatic carbocycles. The van der Waals surface area contributed by atoms with Crippen molar-refractivity contribution < 1.29 is 35.9 Å². The summed E-state index contributed by atoms with van der Waals surface area (Å²) in [4.78, 5) is 11.7. The van der Waals surface area contributed by atoms with Crippen molar-refractivity contribution in [1.29, 1.82) is 0 Å². The second-order valence-electron chi connectivity index (χ2n) is 5.57. The molecule has 0 saturated heterocycles. The van der Waals surface area contributed by atoms with Gasteiger partial charge in [-0.25, -0.2) is 13.6 Å². The minimum atomic E-state index is -5.18. The molecule has 1 amide bonds. The number of anilines is 1. The largest absolute Gasteiger partial charge is 0.463 e. The van der Waals surface area contributed by atoms with E-state index in [2.05, 4.69) is 5.32 Å². The third-order valence-corrected chi connectivity index (χ3v) is 4.39. The van der Waals surface area contributed by atoms with Gasteiger partial charge in [-0.2, -0.15) is 13.2 Å². The van der Waals surface area contributed by atoms with Gasteiger partial charge in [0.15, 0.2) is 0 Å². The Morgan fingerprint density at radius 1 is 1.27 bits per heavy atom. The molecule has 142 valence electrons. The fourth-order valence-corrected chi connectivity index (χ4v) is 2.73. The third kappa shape index (κ3) is 4.23. The van der Waals surface area contributed by atoms with E-state index in [0.717, 1.165) is 18.2 Å². The lowest BCUT2D eigenvalue weighted by Crippen LogP contribution is -2.44. The normalized spacial score (nSPS) is 14.7. The molecule has 0 fully saturated rings. The molecule has 0 aliphatic carbocycles. The van der Waals surface area contributed by atoms with E-state index in [0.29, 0.717) is 0 Å². The minimum Gasteiger partial charge on any atom is -0.463 e. The lowest BCUT2D eigenvalue weighted by Gasteiger charge is -2.28. The van der Waals surface area contributed by atoms with Gasteiger partial charge in [0.05, 0.1) is 11.3 Å². The summed E-state index contributed by atoms with van der Waals surface area (Å²) < 4.78 is 67.4. The average Bonchev–Trinajstić information content (AvgIpc) is 2.92. The number of aliphatic hydroxyl groups is 1. The number of furan rings is 1. The van der Waals surface area contributed by atoms with Crippen LogP contribution in [0, 0.1) is 6.92 Å². The number of benzene rings is 1. The van der Waals surface area contributed by atoms with E-state index in [-0.39, 0.29) is 16.3 Å². The Kier molecular flexibility index (Phi) is 5.17. The summed E-state index contributed by atoms with van der Waals surface area (Å²) in [5, 5.41) is 17.1. The van der Waals surface area contributed by atoms with Gasteiger partial charge < -0.3 is 14.8 Å². The third-order valence-electron chi connectivity index (χ3n) is 3.48. The number of hydrogen-bond acceptors (Lipinski definition) is 5. The summed E-state index contributed by atoms with van der Waals surface area (Å²) >= 11 is 0. The molecule has 4 N–H and O–H groups in total. The van der Waals surface area contributed by atoms with Gasteiger partial charge >= 0.3 is 6.18 Å². The molecule has 2 rings (SSSR count). The fourth-order valence-electron chi connectivity index (χ4n) is 2.17. The predicted octanol–water partition coefficient (Wildman–Crippen LogP) is 2.01. The summed E-state index contributed by atoms with van der Waals surface area (Å²) in [5.41, 5.74) is -3.63. The number of alkyl halides is 3. The monoisotopic (exact) mass is 392 g/mol. The van der Waals surface area contributed by atoms with Gasteiger partial charge in [-0.1, -0.05) is 6.07 Å². The quantitative estimate of drug-likeness (QED) is 0.718. The Bertz CT molecular complexity index is 923. The Hall–Kier alpha value is -2.37. The Labute approximate surface area is 146 Å². The maximum Gasteiger partial charge on any atom is 0.425 e. The molecule has 26 heavy (non-hydrogen) atoms. The lowest BCUT2D eigenvalue weighted by atomic mass is 9.95. The van der Waals surface area contributed by atoms with Crippen LogP contribution in [0.25, 0.3) is 0 Å². The van der Waals surface area contributed by atoms with Gasteiger partial charge in [-0.05, 0) is 37.3 Å². The van der Waals surface area contributed by atoms with Gasteiger partial charge in [0.2, 0.25) is 21.5 Å². The Balaban J connectivity index is 2.26. The molecule has 0 bridgehead atoms. The molecule has 0 saturated carbocycles. The molecule has 0 spiro atoms. The van der Waals surface area contributed by atoms with Crippen LogP contribution in [0.5, 0.6) is 0 Å².